The van der Waals surface area contributed by atoms with Gasteiger partial charge in [0.2, 0.25) is 0 Å². The van der Waals surface area contributed by atoms with Gasteiger partial charge in [-0.25, -0.2) is 9.97 Å². The van der Waals surface area contributed by atoms with Crippen molar-refractivity contribution in [3.05, 3.63) is 36.2 Å². The smallest absolute Gasteiger partial charge is 0.303 e. The van der Waals surface area contributed by atoms with Crippen LogP contribution in [0.5, 0.6) is 0 Å². The predicted octanol–water partition coefficient (Wildman–Crippen LogP) is 2.77. The zero-order chi connectivity index (χ0) is 27.5. The molecule has 1 saturated heterocycles. The lowest BCUT2D eigenvalue weighted by molar-refractivity contribution is -0.140. The molecule has 2 aliphatic heterocycles. The Morgan fingerprint density at radius 2 is 1.66 bits per heavy atom. The number of aliphatic carboxylic acids is 1. The van der Waals surface area contributed by atoms with Crippen LogP contribution >= 0.6 is 11.8 Å². The molecule has 1 saturated carbocycles. The van der Waals surface area contributed by atoms with Crippen LogP contribution < -0.4 is 5.32 Å². The summed E-state index contributed by atoms with van der Waals surface area (Å²) in [5, 5.41) is 13.6. The number of fused-ring (bicyclic) bond motifs is 4. The van der Waals surface area contributed by atoms with Crippen molar-refractivity contribution < 1.29 is 35.8 Å². The van der Waals surface area contributed by atoms with Gasteiger partial charge >= 0.3 is 5.97 Å². The van der Waals surface area contributed by atoms with Gasteiger partial charge in [0.1, 0.15) is 5.03 Å². The molecule has 3 heterocycles. The van der Waals surface area contributed by atoms with Crippen molar-refractivity contribution in [1.82, 2.24) is 14.9 Å². The molecule has 12 nitrogen and oxygen atoms in total. The topological polar surface area (TPSA) is 187 Å². The summed E-state index contributed by atoms with van der Waals surface area (Å²) in [6.07, 6.45) is 7.36. The van der Waals surface area contributed by atoms with E-state index in [1.165, 1.54) is 29.7 Å². The molecule has 0 spiro atoms. The Kier molecular flexibility index (Phi) is 8.94. The lowest BCUT2D eigenvalue weighted by Crippen LogP contribution is -2.48. The van der Waals surface area contributed by atoms with Gasteiger partial charge < -0.3 is 10.4 Å². The second-order valence-corrected chi connectivity index (χ2v) is 13.9. The second-order valence-electron chi connectivity index (χ2n) is 9.75. The fraction of sp³-hybridized carbons (Fsp3) is 0.522. The molecular formula is C23H30N4O8S3. The van der Waals surface area contributed by atoms with E-state index in [1.54, 1.807) is 24.2 Å². The molecule has 208 valence electrons. The van der Waals surface area contributed by atoms with Gasteiger partial charge in [0.25, 0.3) is 20.2 Å². The Bertz CT molecular complexity index is 1340. The minimum atomic E-state index is -4.30. The number of hydrogen-bond donors (Lipinski definition) is 4. The first-order valence-corrected chi connectivity index (χ1v) is 16.1. The summed E-state index contributed by atoms with van der Waals surface area (Å²) in [7, 11) is -8.59. The van der Waals surface area contributed by atoms with E-state index in [4.69, 9.17) is 9.11 Å². The third-order valence-corrected chi connectivity index (χ3v) is 9.70. The first-order valence-electron chi connectivity index (χ1n) is 12.1. The molecule has 3 aliphatic rings. The van der Waals surface area contributed by atoms with Crippen molar-refractivity contribution in [2.45, 2.75) is 42.1 Å². The van der Waals surface area contributed by atoms with Gasteiger partial charge in [-0.15, -0.1) is 0 Å². The summed E-state index contributed by atoms with van der Waals surface area (Å²) in [4.78, 5) is 23.7. The van der Waals surface area contributed by atoms with E-state index >= 15 is 0 Å². The van der Waals surface area contributed by atoms with E-state index in [0.29, 0.717) is 24.2 Å². The Labute approximate surface area is 225 Å². The summed E-state index contributed by atoms with van der Waals surface area (Å²) < 4.78 is 55.4. The first kappa shape index (κ1) is 28.7. The predicted molar refractivity (Wildman–Crippen MR) is 141 cm³/mol. The maximum atomic E-state index is 11.3. The van der Waals surface area contributed by atoms with Crippen LogP contribution in [0.4, 0.5) is 11.5 Å². The SMILES string of the molecule is O=C(O)CC1C2CCCC1CN(Cc1ccc3c(c1)Nc1nccnc1S3)C2.O=S(=O)(O)CCS(=O)(=O)O. The standard InChI is InChI=1S/C21H24N4O2S.C2H6O6S2/c26-19(27)9-16-14-2-1-3-15(16)12-25(11-14)10-13-4-5-18-17(8-13)24-20-21(28-18)23-7-6-22-20;3-9(4,5)1-2-10(6,7)8/h4-8,14-16H,1-3,9-12H2,(H,22,24)(H,26,27);1-2H2,(H,3,4,5)(H,6,7,8). The molecule has 1 aliphatic carbocycles. The molecule has 2 bridgehead atoms. The van der Waals surface area contributed by atoms with Crippen molar-refractivity contribution in [2.75, 3.05) is 29.9 Å². The third-order valence-electron chi connectivity index (χ3n) is 6.93. The molecule has 2 aromatic rings. The number of piperidine rings is 1. The molecule has 0 radical (unpaired) electrons. The first-order chi connectivity index (χ1) is 17.9. The summed E-state index contributed by atoms with van der Waals surface area (Å²) in [6, 6.07) is 6.59. The van der Waals surface area contributed by atoms with Gasteiger partial charge in [-0.05, 0) is 48.3 Å². The number of rotatable bonds is 7. The van der Waals surface area contributed by atoms with E-state index in [2.05, 4.69) is 38.4 Å². The van der Waals surface area contributed by atoms with Crippen LogP contribution in [0.2, 0.25) is 0 Å². The summed E-state index contributed by atoms with van der Waals surface area (Å²) >= 11 is 1.65. The number of anilines is 2. The average molecular weight is 587 g/mol. The minimum absolute atomic E-state index is 0.337. The molecule has 2 atom stereocenters. The Morgan fingerprint density at radius 1 is 1.03 bits per heavy atom. The lowest BCUT2D eigenvalue weighted by Gasteiger charge is -2.47. The normalized spacial score (nSPS) is 22.7. The fourth-order valence-corrected chi connectivity index (χ4v) is 7.92. The molecule has 4 N–H and O–H groups in total. The van der Waals surface area contributed by atoms with Crippen molar-refractivity contribution in [2.24, 2.45) is 17.8 Å². The van der Waals surface area contributed by atoms with Gasteiger partial charge in [0.15, 0.2) is 5.82 Å². The van der Waals surface area contributed by atoms with Crippen molar-refractivity contribution >= 4 is 49.5 Å². The Balaban J connectivity index is 0.000000289. The van der Waals surface area contributed by atoms with Gasteiger partial charge in [0.05, 0.1) is 17.2 Å². The highest BCUT2D eigenvalue weighted by Gasteiger charge is 2.40. The van der Waals surface area contributed by atoms with Crippen LogP contribution in [-0.4, -0.2) is 76.5 Å². The summed E-state index contributed by atoms with van der Waals surface area (Å²) in [5.41, 5.74) is 2.38. The monoisotopic (exact) mass is 586 g/mol. The number of carboxylic acid groups (broad SMARTS) is 1. The Morgan fingerprint density at radius 3 is 2.26 bits per heavy atom. The fourth-order valence-electron chi connectivity index (χ4n) is 5.36. The number of benzene rings is 1. The lowest BCUT2D eigenvalue weighted by atomic mass is 9.67. The molecular weight excluding hydrogens is 556 g/mol. The van der Waals surface area contributed by atoms with Gasteiger partial charge in [-0.2, -0.15) is 16.8 Å². The van der Waals surface area contributed by atoms with E-state index in [1.807, 2.05) is 0 Å². The quantitative estimate of drug-likeness (QED) is 0.296. The number of likely N-dealkylation sites (tertiary alicyclic amines) is 1. The maximum absolute atomic E-state index is 11.3. The number of carbonyl (C=O) groups is 1. The van der Waals surface area contributed by atoms with Crippen molar-refractivity contribution in [1.29, 1.82) is 0 Å². The zero-order valence-electron chi connectivity index (χ0n) is 20.4. The van der Waals surface area contributed by atoms with E-state index in [-0.39, 0.29) is 0 Å². The van der Waals surface area contributed by atoms with Crippen LogP contribution in [0.3, 0.4) is 0 Å². The van der Waals surface area contributed by atoms with Gasteiger partial charge in [-0.3, -0.25) is 18.8 Å². The number of carboxylic acids is 1. The Hall–Kier alpha value is -2.30. The van der Waals surface area contributed by atoms with Crippen molar-refractivity contribution in [3.8, 4) is 0 Å². The van der Waals surface area contributed by atoms with E-state index < -0.39 is 37.7 Å². The van der Waals surface area contributed by atoms with Crippen LogP contribution in [0, 0.1) is 17.8 Å². The third kappa shape index (κ3) is 8.10. The maximum Gasteiger partial charge on any atom is 0.303 e. The second kappa shape index (κ2) is 11.8. The van der Waals surface area contributed by atoms with Crippen LogP contribution in [0.15, 0.2) is 40.5 Å². The van der Waals surface area contributed by atoms with E-state index in [9.17, 15) is 26.7 Å². The number of hydrogen-bond acceptors (Lipinski definition) is 10. The van der Waals surface area contributed by atoms with E-state index in [0.717, 1.165) is 36.2 Å². The average Bonchev–Trinajstić information content (AvgIpc) is 2.81. The highest BCUT2D eigenvalue weighted by atomic mass is 32.2. The number of nitrogens with zero attached hydrogens (tertiary/aromatic N) is 3. The molecule has 38 heavy (non-hydrogen) atoms. The largest absolute Gasteiger partial charge is 0.481 e. The van der Waals surface area contributed by atoms with Crippen LogP contribution in [0.25, 0.3) is 0 Å². The molecule has 0 amide bonds. The molecule has 1 aromatic carbocycles. The molecule has 2 fully saturated rings. The summed E-state index contributed by atoms with van der Waals surface area (Å²) in [6.45, 7) is 2.95. The van der Waals surface area contributed by atoms with Gasteiger partial charge in [0, 0.05) is 43.3 Å². The number of aromatic nitrogens is 2. The number of nitrogens with one attached hydrogen (secondary N) is 1. The molecule has 5 rings (SSSR count). The summed E-state index contributed by atoms with van der Waals surface area (Å²) in [5.74, 6) is -0.371. The highest BCUT2D eigenvalue weighted by Crippen LogP contribution is 2.44. The zero-order valence-corrected chi connectivity index (χ0v) is 22.9. The molecule has 15 heteroatoms. The van der Waals surface area contributed by atoms with Gasteiger partial charge in [-0.1, -0.05) is 24.2 Å². The minimum Gasteiger partial charge on any atom is -0.481 e. The highest BCUT2D eigenvalue weighted by molar-refractivity contribution is 7.99. The molecule has 2 unspecified atom stereocenters. The van der Waals surface area contributed by atoms with Crippen LogP contribution in [0.1, 0.15) is 31.2 Å². The van der Waals surface area contributed by atoms with Crippen LogP contribution in [-0.2, 0) is 31.6 Å². The molecule has 1 aromatic heterocycles. The van der Waals surface area contributed by atoms with Crippen molar-refractivity contribution in [3.63, 3.8) is 0 Å².